The van der Waals surface area contributed by atoms with Gasteiger partial charge in [-0.2, -0.15) is 0 Å². The second kappa shape index (κ2) is 9.30. The van der Waals surface area contributed by atoms with E-state index in [2.05, 4.69) is 5.32 Å². The van der Waals surface area contributed by atoms with Gasteiger partial charge < -0.3 is 24.3 Å². The van der Waals surface area contributed by atoms with Crippen LogP contribution in [0.4, 0.5) is 5.69 Å². The van der Waals surface area contributed by atoms with Crippen LogP contribution >= 0.6 is 0 Å². The molecule has 2 N–H and O–H groups in total. The second-order valence-electron chi connectivity index (χ2n) is 6.47. The summed E-state index contributed by atoms with van der Waals surface area (Å²) in [6.45, 7) is 6.58. The molecule has 1 aromatic heterocycles. The number of furan rings is 1. The van der Waals surface area contributed by atoms with Crippen molar-refractivity contribution in [2.75, 3.05) is 18.5 Å². The zero-order valence-electron chi connectivity index (χ0n) is 16.8. The van der Waals surface area contributed by atoms with Gasteiger partial charge in [0.2, 0.25) is 0 Å². The van der Waals surface area contributed by atoms with Gasteiger partial charge in [0.25, 0.3) is 5.91 Å². The number of hydrogen-bond donors (Lipinski definition) is 2. The number of anilines is 1. The summed E-state index contributed by atoms with van der Waals surface area (Å²) in [5.41, 5.74) is 2.98. The Morgan fingerprint density at radius 1 is 1.00 bits per heavy atom. The maximum Gasteiger partial charge on any atom is 0.255 e. The standard InChI is InChI=1S/C23H25NO5/c1-4-27-19-11-16(12-20(13-19)28-5-2)23(26)24-17-6-8-21(15(3)10-17)22-9-7-18(14-25)29-22/h6-13,25H,4-5,14H2,1-3H3,(H,24,26). The number of rotatable bonds is 8. The van der Waals surface area contributed by atoms with Crippen molar-refractivity contribution in [3.8, 4) is 22.8 Å². The van der Waals surface area contributed by atoms with Crippen molar-refractivity contribution in [2.45, 2.75) is 27.4 Å². The molecule has 2 aromatic carbocycles. The molecule has 0 atom stereocenters. The lowest BCUT2D eigenvalue weighted by molar-refractivity contribution is 0.102. The number of carbonyl (C=O) groups excluding carboxylic acids is 1. The summed E-state index contributed by atoms with van der Waals surface area (Å²) in [4.78, 5) is 12.8. The molecule has 6 nitrogen and oxygen atoms in total. The number of aryl methyl sites for hydroxylation is 1. The first-order valence-electron chi connectivity index (χ1n) is 9.56. The molecular formula is C23H25NO5. The molecule has 1 amide bonds. The molecule has 0 aliphatic carbocycles. The van der Waals surface area contributed by atoms with Crippen molar-refractivity contribution in [2.24, 2.45) is 0 Å². The van der Waals surface area contributed by atoms with Gasteiger partial charge in [-0.3, -0.25) is 4.79 Å². The minimum Gasteiger partial charge on any atom is -0.494 e. The zero-order chi connectivity index (χ0) is 20.8. The first-order chi connectivity index (χ1) is 14.0. The third kappa shape index (κ3) is 4.97. The molecule has 0 bridgehead atoms. The van der Waals surface area contributed by atoms with Crippen LogP contribution in [0.3, 0.4) is 0 Å². The van der Waals surface area contributed by atoms with Crippen LogP contribution in [-0.4, -0.2) is 24.2 Å². The van der Waals surface area contributed by atoms with Crippen LogP contribution in [0.1, 0.15) is 35.5 Å². The molecule has 3 rings (SSSR count). The van der Waals surface area contributed by atoms with Gasteiger partial charge in [0.1, 0.15) is 29.6 Å². The molecule has 0 aliphatic rings. The molecule has 0 saturated carbocycles. The molecule has 1 heterocycles. The van der Waals surface area contributed by atoms with Crippen molar-refractivity contribution >= 4 is 11.6 Å². The summed E-state index contributed by atoms with van der Waals surface area (Å²) in [5, 5.41) is 12.1. The van der Waals surface area contributed by atoms with Crippen LogP contribution in [0.2, 0.25) is 0 Å². The second-order valence-corrected chi connectivity index (χ2v) is 6.47. The van der Waals surface area contributed by atoms with Gasteiger partial charge in [-0.05, 0) is 68.8 Å². The van der Waals surface area contributed by atoms with E-state index in [1.54, 1.807) is 24.3 Å². The number of benzene rings is 2. The molecule has 6 heteroatoms. The molecule has 0 unspecified atom stereocenters. The fraction of sp³-hybridized carbons (Fsp3) is 0.261. The number of aliphatic hydroxyl groups excluding tert-OH is 1. The third-order valence-corrected chi connectivity index (χ3v) is 4.33. The number of hydrogen-bond acceptors (Lipinski definition) is 5. The van der Waals surface area contributed by atoms with Crippen LogP contribution < -0.4 is 14.8 Å². The SMILES string of the molecule is CCOc1cc(OCC)cc(C(=O)Nc2ccc(-c3ccc(CO)o3)c(C)c2)c1. The Labute approximate surface area is 170 Å². The lowest BCUT2D eigenvalue weighted by atomic mass is 10.1. The molecule has 0 fully saturated rings. The third-order valence-electron chi connectivity index (χ3n) is 4.33. The minimum atomic E-state index is -0.250. The van der Waals surface area contributed by atoms with Gasteiger partial charge in [-0.15, -0.1) is 0 Å². The molecule has 0 radical (unpaired) electrons. The van der Waals surface area contributed by atoms with Crippen LogP contribution in [0.15, 0.2) is 52.9 Å². The summed E-state index contributed by atoms with van der Waals surface area (Å²) >= 11 is 0. The highest BCUT2D eigenvalue weighted by atomic mass is 16.5. The molecule has 152 valence electrons. The lowest BCUT2D eigenvalue weighted by Gasteiger charge is -2.12. The number of amides is 1. The van der Waals surface area contributed by atoms with E-state index in [4.69, 9.17) is 19.0 Å². The van der Waals surface area contributed by atoms with Crippen molar-refractivity contribution in [1.29, 1.82) is 0 Å². The van der Waals surface area contributed by atoms with E-state index in [-0.39, 0.29) is 12.5 Å². The van der Waals surface area contributed by atoms with Crippen molar-refractivity contribution in [3.63, 3.8) is 0 Å². The highest BCUT2D eigenvalue weighted by Gasteiger charge is 2.13. The Bertz CT molecular complexity index is 968. The molecule has 3 aromatic rings. The van der Waals surface area contributed by atoms with Crippen molar-refractivity contribution < 1.29 is 23.8 Å². The van der Waals surface area contributed by atoms with Crippen LogP contribution in [-0.2, 0) is 6.61 Å². The Kier molecular flexibility index (Phi) is 6.57. The lowest BCUT2D eigenvalue weighted by Crippen LogP contribution is -2.12. The summed E-state index contributed by atoms with van der Waals surface area (Å²) < 4.78 is 16.7. The van der Waals surface area contributed by atoms with E-state index >= 15 is 0 Å². The van der Waals surface area contributed by atoms with E-state index < -0.39 is 0 Å². The van der Waals surface area contributed by atoms with Crippen LogP contribution in [0, 0.1) is 6.92 Å². The Morgan fingerprint density at radius 2 is 1.69 bits per heavy atom. The van der Waals surface area contributed by atoms with Gasteiger partial charge in [-0.1, -0.05) is 0 Å². The summed E-state index contributed by atoms with van der Waals surface area (Å²) in [5.74, 6) is 2.12. The molecular weight excluding hydrogens is 370 g/mol. The largest absolute Gasteiger partial charge is 0.494 e. The Morgan fingerprint density at radius 3 is 2.24 bits per heavy atom. The fourth-order valence-electron chi connectivity index (χ4n) is 3.03. The van der Waals surface area contributed by atoms with Gasteiger partial charge in [-0.25, -0.2) is 0 Å². The first kappa shape index (κ1) is 20.5. The van der Waals surface area contributed by atoms with Crippen molar-refractivity contribution in [3.05, 3.63) is 65.4 Å². The quantitative estimate of drug-likeness (QED) is 0.573. The van der Waals surface area contributed by atoms with Gasteiger partial charge in [0.05, 0.1) is 13.2 Å². The highest BCUT2D eigenvalue weighted by molar-refractivity contribution is 6.05. The van der Waals surface area contributed by atoms with Crippen LogP contribution in [0.25, 0.3) is 11.3 Å². The first-order valence-corrected chi connectivity index (χ1v) is 9.56. The van der Waals surface area contributed by atoms with Gasteiger partial charge in [0, 0.05) is 22.9 Å². The molecule has 0 aliphatic heterocycles. The predicted molar refractivity (Wildman–Crippen MR) is 112 cm³/mol. The summed E-state index contributed by atoms with van der Waals surface area (Å²) in [6.07, 6.45) is 0. The fourth-order valence-corrected chi connectivity index (χ4v) is 3.03. The maximum absolute atomic E-state index is 12.8. The number of nitrogens with one attached hydrogen (secondary N) is 1. The van der Waals surface area contributed by atoms with E-state index in [9.17, 15) is 4.79 Å². The van der Waals surface area contributed by atoms with E-state index in [0.717, 1.165) is 11.1 Å². The number of carbonyl (C=O) groups is 1. The van der Waals surface area contributed by atoms with Crippen LogP contribution in [0.5, 0.6) is 11.5 Å². The zero-order valence-corrected chi connectivity index (χ0v) is 16.8. The normalized spacial score (nSPS) is 10.6. The summed E-state index contributed by atoms with van der Waals surface area (Å²) in [7, 11) is 0. The van der Waals surface area contributed by atoms with E-state index in [1.165, 1.54) is 0 Å². The monoisotopic (exact) mass is 395 g/mol. The van der Waals surface area contributed by atoms with E-state index in [0.29, 0.717) is 47.5 Å². The van der Waals surface area contributed by atoms with Gasteiger partial charge in [0.15, 0.2) is 0 Å². The Balaban J connectivity index is 1.80. The molecule has 0 spiro atoms. The average Bonchev–Trinajstić information content (AvgIpc) is 3.17. The Hall–Kier alpha value is -3.25. The predicted octanol–water partition coefficient (Wildman–Crippen LogP) is 4.80. The summed E-state index contributed by atoms with van der Waals surface area (Å²) in [6, 6.07) is 14.3. The van der Waals surface area contributed by atoms with Crippen molar-refractivity contribution in [1.82, 2.24) is 0 Å². The number of aliphatic hydroxyl groups is 1. The topological polar surface area (TPSA) is 80.9 Å². The maximum atomic E-state index is 12.8. The van der Waals surface area contributed by atoms with Gasteiger partial charge >= 0.3 is 0 Å². The smallest absolute Gasteiger partial charge is 0.255 e. The average molecular weight is 395 g/mol. The highest BCUT2D eigenvalue weighted by Crippen LogP contribution is 2.29. The van der Waals surface area contributed by atoms with E-state index in [1.807, 2.05) is 45.0 Å². The molecule has 0 saturated heterocycles. The number of ether oxygens (including phenoxy) is 2. The minimum absolute atomic E-state index is 0.141. The molecule has 29 heavy (non-hydrogen) atoms.